The molecule has 160 valence electrons. The molecule has 0 spiro atoms. The zero-order valence-corrected chi connectivity index (χ0v) is 19.0. The van der Waals surface area contributed by atoms with Crippen molar-refractivity contribution in [2.75, 3.05) is 51.2 Å². The van der Waals surface area contributed by atoms with Gasteiger partial charge in [-0.05, 0) is 63.4 Å². The van der Waals surface area contributed by atoms with Crippen LogP contribution in [0.1, 0.15) is 32.1 Å². The standard InChI is InChI=1S/C21H32N4.3ClH/c1-4-11-23(12-5-1)15-16-24-13-6-7-19(18-24)17-22-25-14-10-20-8-2-3-9-21(20)25;;;/h2-3,8-10,14,19,22H,1,4-7,11-13,15-18H2;3*1H. The molecule has 2 aliphatic heterocycles. The minimum atomic E-state index is 0. The van der Waals surface area contributed by atoms with Crippen LogP contribution in [0.5, 0.6) is 0 Å². The quantitative estimate of drug-likeness (QED) is 0.694. The lowest BCUT2D eigenvalue weighted by Gasteiger charge is -2.35. The summed E-state index contributed by atoms with van der Waals surface area (Å²) in [6.45, 7) is 8.76. The lowest BCUT2D eigenvalue weighted by molar-refractivity contribution is 0.142. The van der Waals surface area contributed by atoms with E-state index >= 15 is 0 Å². The zero-order chi connectivity index (χ0) is 16.9. The summed E-state index contributed by atoms with van der Waals surface area (Å²) >= 11 is 0. The van der Waals surface area contributed by atoms with Crippen molar-refractivity contribution < 1.29 is 0 Å². The lowest BCUT2D eigenvalue weighted by Crippen LogP contribution is -2.43. The predicted octanol–water partition coefficient (Wildman–Crippen LogP) is 4.65. The minimum Gasteiger partial charge on any atom is -0.326 e. The smallest absolute Gasteiger partial charge is 0.0692 e. The predicted molar refractivity (Wildman–Crippen MR) is 127 cm³/mol. The summed E-state index contributed by atoms with van der Waals surface area (Å²) in [5, 5.41) is 1.31. The number of hydrogen-bond acceptors (Lipinski definition) is 3. The second kappa shape index (κ2) is 12.8. The van der Waals surface area contributed by atoms with Crippen LogP contribution in [-0.2, 0) is 0 Å². The van der Waals surface area contributed by atoms with Gasteiger partial charge in [-0.3, -0.25) is 4.68 Å². The molecule has 0 amide bonds. The summed E-state index contributed by atoms with van der Waals surface area (Å²) < 4.78 is 2.20. The fourth-order valence-corrected chi connectivity index (χ4v) is 4.44. The summed E-state index contributed by atoms with van der Waals surface area (Å²) in [7, 11) is 0. The molecule has 3 heterocycles. The number of hydrogen-bond donors (Lipinski definition) is 1. The van der Waals surface area contributed by atoms with Crippen molar-refractivity contribution in [2.45, 2.75) is 32.1 Å². The maximum absolute atomic E-state index is 3.64. The highest BCUT2D eigenvalue weighted by molar-refractivity contribution is 5.86. The third kappa shape index (κ3) is 6.70. The van der Waals surface area contributed by atoms with Gasteiger partial charge in [0.15, 0.2) is 0 Å². The Balaban J connectivity index is 0.00000131. The van der Waals surface area contributed by atoms with E-state index in [1.165, 1.54) is 82.3 Å². The second-order valence-corrected chi connectivity index (χ2v) is 7.82. The van der Waals surface area contributed by atoms with Crippen molar-refractivity contribution in [3.63, 3.8) is 0 Å². The molecule has 2 saturated heterocycles. The van der Waals surface area contributed by atoms with Crippen LogP contribution in [0.2, 0.25) is 0 Å². The van der Waals surface area contributed by atoms with Crippen molar-refractivity contribution in [3.05, 3.63) is 36.5 Å². The van der Waals surface area contributed by atoms with Gasteiger partial charge in [0, 0.05) is 37.8 Å². The van der Waals surface area contributed by atoms with Gasteiger partial charge in [-0.1, -0.05) is 24.6 Å². The largest absolute Gasteiger partial charge is 0.326 e. The van der Waals surface area contributed by atoms with E-state index in [4.69, 9.17) is 0 Å². The van der Waals surface area contributed by atoms with Crippen molar-refractivity contribution in [2.24, 2.45) is 5.92 Å². The SMILES string of the molecule is Cl.Cl.Cl.c1ccc2c(c1)ccn2NCC1CCCN(CCN2CCCCC2)C1. The highest BCUT2D eigenvalue weighted by atomic mass is 35.5. The molecule has 1 N–H and O–H groups in total. The number of nitrogens with zero attached hydrogens (tertiary/aromatic N) is 3. The van der Waals surface area contributed by atoms with E-state index in [-0.39, 0.29) is 37.2 Å². The Hall–Kier alpha value is -0.650. The normalized spacial score (nSPS) is 20.6. The van der Waals surface area contributed by atoms with Gasteiger partial charge in [0.05, 0.1) is 5.52 Å². The lowest BCUT2D eigenvalue weighted by atomic mass is 9.98. The summed E-state index contributed by atoms with van der Waals surface area (Å²) in [4.78, 5) is 5.36. The molecule has 0 radical (unpaired) electrons. The van der Waals surface area contributed by atoms with Crippen LogP contribution in [0.15, 0.2) is 36.5 Å². The first-order valence-electron chi connectivity index (χ1n) is 10.1. The molecule has 2 fully saturated rings. The topological polar surface area (TPSA) is 23.4 Å². The molecule has 7 heteroatoms. The summed E-state index contributed by atoms with van der Waals surface area (Å²) in [5.41, 5.74) is 4.92. The number of piperidine rings is 2. The van der Waals surface area contributed by atoms with Crippen molar-refractivity contribution >= 4 is 48.1 Å². The fourth-order valence-electron chi connectivity index (χ4n) is 4.44. The molecule has 1 aromatic heterocycles. The Morgan fingerprint density at radius 1 is 0.821 bits per heavy atom. The average molecular weight is 450 g/mol. The fraction of sp³-hybridized carbons (Fsp3) is 0.619. The van der Waals surface area contributed by atoms with Crippen LogP contribution < -0.4 is 5.43 Å². The number of halogens is 3. The van der Waals surface area contributed by atoms with Gasteiger partial charge in [-0.25, -0.2) is 0 Å². The third-order valence-corrected chi connectivity index (χ3v) is 5.93. The molecular formula is C21H35Cl3N4. The minimum absolute atomic E-state index is 0. The van der Waals surface area contributed by atoms with Gasteiger partial charge in [-0.2, -0.15) is 0 Å². The molecule has 0 saturated carbocycles. The maximum atomic E-state index is 3.64. The van der Waals surface area contributed by atoms with Gasteiger partial charge in [0.2, 0.25) is 0 Å². The van der Waals surface area contributed by atoms with Crippen LogP contribution in [0.4, 0.5) is 0 Å². The molecule has 1 aromatic carbocycles. The monoisotopic (exact) mass is 448 g/mol. The van der Waals surface area contributed by atoms with Crippen LogP contribution in [0, 0.1) is 5.92 Å². The number of para-hydroxylation sites is 1. The molecule has 28 heavy (non-hydrogen) atoms. The van der Waals surface area contributed by atoms with E-state index in [0.29, 0.717) is 0 Å². The number of likely N-dealkylation sites (tertiary alicyclic amines) is 2. The Bertz CT molecular complexity index is 672. The molecule has 1 atom stereocenters. The van der Waals surface area contributed by atoms with E-state index in [1.54, 1.807) is 0 Å². The Labute approximate surface area is 188 Å². The molecule has 2 aromatic rings. The highest BCUT2D eigenvalue weighted by Gasteiger charge is 2.20. The molecule has 1 unspecified atom stereocenters. The number of rotatable bonds is 6. The van der Waals surface area contributed by atoms with E-state index in [0.717, 1.165) is 12.5 Å². The van der Waals surface area contributed by atoms with E-state index in [1.807, 2.05) is 0 Å². The van der Waals surface area contributed by atoms with Crippen molar-refractivity contribution in [1.82, 2.24) is 14.5 Å². The maximum Gasteiger partial charge on any atom is 0.0692 e. The first kappa shape index (κ1) is 25.4. The molecule has 0 bridgehead atoms. The zero-order valence-electron chi connectivity index (χ0n) is 16.6. The average Bonchev–Trinajstić information content (AvgIpc) is 3.09. The van der Waals surface area contributed by atoms with Crippen LogP contribution in [0.3, 0.4) is 0 Å². The summed E-state index contributed by atoms with van der Waals surface area (Å²) in [6, 6.07) is 10.8. The molecular weight excluding hydrogens is 415 g/mol. The van der Waals surface area contributed by atoms with Crippen LogP contribution >= 0.6 is 37.2 Å². The number of aromatic nitrogens is 1. The molecule has 2 aliphatic rings. The second-order valence-electron chi connectivity index (χ2n) is 7.82. The van der Waals surface area contributed by atoms with E-state index in [2.05, 4.69) is 56.4 Å². The first-order chi connectivity index (χ1) is 12.4. The Kier molecular flexibility index (Phi) is 11.6. The number of nitrogens with one attached hydrogen (secondary N) is 1. The van der Waals surface area contributed by atoms with Gasteiger partial charge in [0.1, 0.15) is 0 Å². The van der Waals surface area contributed by atoms with Crippen LogP contribution in [0.25, 0.3) is 10.9 Å². The van der Waals surface area contributed by atoms with Crippen molar-refractivity contribution in [3.8, 4) is 0 Å². The molecule has 4 rings (SSSR count). The van der Waals surface area contributed by atoms with Gasteiger partial charge in [-0.15, -0.1) is 37.2 Å². The van der Waals surface area contributed by atoms with E-state index in [9.17, 15) is 0 Å². The number of benzene rings is 1. The summed E-state index contributed by atoms with van der Waals surface area (Å²) in [5.74, 6) is 0.760. The van der Waals surface area contributed by atoms with Crippen LogP contribution in [-0.4, -0.2) is 60.3 Å². The van der Waals surface area contributed by atoms with E-state index < -0.39 is 0 Å². The van der Waals surface area contributed by atoms with Gasteiger partial charge < -0.3 is 15.2 Å². The van der Waals surface area contributed by atoms with Crippen molar-refractivity contribution in [1.29, 1.82) is 0 Å². The number of fused-ring (bicyclic) bond motifs is 1. The highest BCUT2D eigenvalue weighted by Crippen LogP contribution is 2.18. The molecule has 4 nitrogen and oxygen atoms in total. The third-order valence-electron chi connectivity index (χ3n) is 5.93. The first-order valence-corrected chi connectivity index (χ1v) is 10.1. The summed E-state index contributed by atoms with van der Waals surface area (Å²) in [6.07, 6.45) is 9.09. The van der Waals surface area contributed by atoms with Gasteiger partial charge >= 0.3 is 0 Å². The Morgan fingerprint density at radius 3 is 2.36 bits per heavy atom. The Morgan fingerprint density at radius 2 is 1.54 bits per heavy atom. The van der Waals surface area contributed by atoms with Gasteiger partial charge in [0.25, 0.3) is 0 Å². The molecule has 0 aliphatic carbocycles.